The monoisotopic (exact) mass is 696 g/mol. The van der Waals surface area contributed by atoms with Gasteiger partial charge in [0.25, 0.3) is 11.8 Å². The van der Waals surface area contributed by atoms with Crippen molar-refractivity contribution in [2.75, 3.05) is 4.90 Å². The summed E-state index contributed by atoms with van der Waals surface area (Å²) in [5.41, 5.74) is -0.897. The number of phenols is 1. The highest BCUT2D eigenvalue weighted by Gasteiger charge is 2.77. The number of hydrogen-bond donors (Lipinski definition) is 1. The summed E-state index contributed by atoms with van der Waals surface area (Å²) in [5, 5.41) is 10.3. The van der Waals surface area contributed by atoms with Crippen LogP contribution in [0.1, 0.15) is 62.0 Å². The number of likely N-dealkylation sites (tertiary alicyclic amines) is 1. The first kappa shape index (κ1) is 32.1. The summed E-state index contributed by atoms with van der Waals surface area (Å²) >= 11 is 14.3. The number of amides is 4. The third-order valence-electron chi connectivity index (χ3n) is 10.7. The Labute approximate surface area is 275 Å². The van der Waals surface area contributed by atoms with Gasteiger partial charge in [0.1, 0.15) is 11.4 Å². The maximum absolute atomic E-state index is 15.2. The number of carbonyl (C=O) groups is 4. The van der Waals surface area contributed by atoms with Crippen LogP contribution in [0.15, 0.2) is 29.8 Å². The molecule has 2 aliphatic heterocycles. The van der Waals surface area contributed by atoms with Crippen molar-refractivity contribution >= 4 is 52.5 Å². The van der Waals surface area contributed by atoms with Gasteiger partial charge in [0, 0.05) is 12.0 Å². The van der Waals surface area contributed by atoms with Gasteiger partial charge in [0.2, 0.25) is 17.6 Å². The zero-order valence-corrected chi connectivity index (χ0v) is 26.3. The number of allylic oxidation sites excluding steroid dienone is 2. The number of nitrogens with zero attached hydrogens (tertiary/aromatic N) is 2. The Morgan fingerprint density at radius 1 is 0.830 bits per heavy atom. The summed E-state index contributed by atoms with van der Waals surface area (Å²) in [4.78, 5) is 52.3. The number of imide groups is 2. The molecule has 2 aromatic rings. The fourth-order valence-electron chi connectivity index (χ4n) is 8.52. The highest BCUT2D eigenvalue weighted by Crippen LogP contribution is 2.66. The second kappa shape index (κ2) is 10.7. The van der Waals surface area contributed by atoms with Crippen molar-refractivity contribution in [3.63, 3.8) is 0 Å². The number of phenolic OH excluding ortho intramolecular Hbond substituents is 1. The first-order valence-corrected chi connectivity index (χ1v) is 16.1. The van der Waals surface area contributed by atoms with Gasteiger partial charge in [-0.3, -0.25) is 24.1 Å². The average Bonchev–Trinajstić information content (AvgIpc) is 3.39. The Balaban J connectivity index is 1.42. The van der Waals surface area contributed by atoms with Gasteiger partial charge in [0.15, 0.2) is 33.0 Å². The molecule has 2 saturated heterocycles. The fraction of sp³-hybridized carbons (Fsp3) is 0.455. The zero-order valence-electron chi connectivity index (χ0n) is 24.8. The molecule has 0 unspecified atom stereocenters. The molecule has 0 bridgehead atoms. The van der Waals surface area contributed by atoms with Gasteiger partial charge < -0.3 is 5.11 Å². The van der Waals surface area contributed by atoms with E-state index >= 15 is 8.78 Å². The van der Waals surface area contributed by atoms with Gasteiger partial charge >= 0.3 is 0 Å². The molecule has 3 aliphatic carbocycles. The number of benzene rings is 2. The quantitative estimate of drug-likeness (QED) is 0.102. The number of alkyl halides is 2. The molecule has 4 amide bonds. The van der Waals surface area contributed by atoms with Gasteiger partial charge in [-0.25, -0.2) is 26.9 Å². The normalized spacial score (nSPS) is 32.5. The lowest BCUT2D eigenvalue weighted by molar-refractivity contribution is -0.143. The summed E-state index contributed by atoms with van der Waals surface area (Å²) in [5.74, 6) is -20.3. The Kier molecular flexibility index (Phi) is 7.33. The van der Waals surface area contributed by atoms with Gasteiger partial charge in [0.05, 0.1) is 11.8 Å². The number of fused-ring (bicyclic) bond motifs is 4. The van der Waals surface area contributed by atoms with E-state index in [9.17, 15) is 37.5 Å². The molecule has 0 aromatic heterocycles. The lowest BCUT2D eigenvalue weighted by atomic mass is 9.56. The van der Waals surface area contributed by atoms with Gasteiger partial charge in [-0.05, 0) is 55.7 Å². The van der Waals surface area contributed by atoms with Crippen LogP contribution in [0.2, 0.25) is 0 Å². The van der Waals surface area contributed by atoms with Crippen molar-refractivity contribution in [1.82, 2.24) is 4.90 Å². The predicted octanol–water partition coefficient (Wildman–Crippen LogP) is 6.29. The Hall–Kier alpha value is -3.51. The van der Waals surface area contributed by atoms with E-state index in [0.29, 0.717) is 24.0 Å². The largest absolute Gasteiger partial charge is 0.508 e. The topological polar surface area (TPSA) is 95.0 Å². The third-order valence-corrected chi connectivity index (χ3v) is 12.2. The van der Waals surface area contributed by atoms with Crippen LogP contribution in [-0.2, 0) is 19.2 Å². The molecule has 2 heterocycles. The molecule has 0 radical (unpaired) electrons. The minimum atomic E-state index is -2.60. The highest BCUT2D eigenvalue weighted by molar-refractivity contribution is 6.58. The SMILES string of the molecule is Cc1cc([C@H]2C3=CC[C@@H]4C(=O)N(C5CCCCC5)C(=O)[C@@H]4[C@@H]3C[C@@]3(Cl)C(=O)N(c4c(F)c(F)c(F)c(F)c4F)C(=O)[C@@]23Cl)ccc1O. The van der Waals surface area contributed by atoms with Crippen LogP contribution in [0, 0.1) is 53.8 Å². The van der Waals surface area contributed by atoms with Crippen LogP contribution in [0.5, 0.6) is 5.75 Å². The maximum Gasteiger partial charge on any atom is 0.258 e. The van der Waals surface area contributed by atoms with Crippen LogP contribution < -0.4 is 4.90 Å². The summed E-state index contributed by atoms with van der Waals surface area (Å²) in [6.07, 6.45) is 5.15. The van der Waals surface area contributed by atoms with E-state index < -0.39 is 92.3 Å². The van der Waals surface area contributed by atoms with E-state index in [1.54, 1.807) is 13.0 Å². The van der Waals surface area contributed by atoms with E-state index in [4.69, 9.17) is 23.2 Å². The molecule has 14 heteroatoms. The molecule has 1 N–H and O–H groups in total. The molecular weight excluding hydrogens is 670 g/mol. The third kappa shape index (κ3) is 4.09. The number of aromatic hydroxyl groups is 1. The second-order valence-electron chi connectivity index (χ2n) is 13.1. The van der Waals surface area contributed by atoms with Crippen molar-refractivity contribution < 1.29 is 46.2 Å². The van der Waals surface area contributed by atoms with Crippen LogP contribution in [0.4, 0.5) is 27.6 Å². The van der Waals surface area contributed by atoms with Crippen LogP contribution in [0.25, 0.3) is 0 Å². The number of halogens is 7. The van der Waals surface area contributed by atoms with Crippen molar-refractivity contribution in [2.45, 2.75) is 73.6 Å². The van der Waals surface area contributed by atoms with E-state index in [1.807, 2.05) is 0 Å². The summed E-state index contributed by atoms with van der Waals surface area (Å²) in [6.45, 7) is 1.54. The van der Waals surface area contributed by atoms with Crippen LogP contribution >= 0.6 is 23.2 Å². The minimum Gasteiger partial charge on any atom is -0.508 e. The number of hydrogen-bond acceptors (Lipinski definition) is 5. The Morgan fingerprint density at radius 2 is 1.45 bits per heavy atom. The Bertz CT molecular complexity index is 1800. The zero-order chi connectivity index (χ0) is 33.9. The fourth-order valence-corrected chi connectivity index (χ4v) is 9.46. The first-order valence-electron chi connectivity index (χ1n) is 15.3. The average molecular weight is 697 g/mol. The molecule has 47 heavy (non-hydrogen) atoms. The molecule has 6 atom stereocenters. The summed E-state index contributed by atoms with van der Waals surface area (Å²) in [7, 11) is 0. The number of rotatable bonds is 3. The lowest BCUT2D eigenvalue weighted by Crippen LogP contribution is -2.60. The molecule has 2 saturated carbocycles. The van der Waals surface area contributed by atoms with E-state index in [1.165, 1.54) is 23.1 Å². The standard InChI is InChI=1S/C33H27Cl2F5N2O5/c1-13-11-14(7-10-19(13)43)21-16-8-9-17-20(29(45)41(28(17)44)15-5-3-2-4-6-15)18(16)12-32(34)30(46)42(31(47)33(21,32)35)27-25(39)23(37)22(36)24(38)26(27)40/h7-8,10-11,15,17-18,20-21,43H,2-6,9,12H2,1H3/t17-,18+,20-,21-,32+,33-/m0/s1. The number of aryl methyl sites for hydroxylation is 1. The molecule has 5 aliphatic rings. The van der Waals surface area contributed by atoms with Crippen molar-refractivity contribution in [2.24, 2.45) is 17.8 Å². The summed E-state index contributed by atoms with van der Waals surface area (Å²) < 4.78 is 73.0. The smallest absolute Gasteiger partial charge is 0.258 e. The number of anilines is 1. The summed E-state index contributed by atoms with van der Waals surface area (Å²) in [6, 6.07) is 3.87. The molecular formula is C33H27Cl2F5N2O5. The van der Waals surface area contributed by atoms with E-state index in [2.05, 4.69) is 0 Å². The van der Waals surface area contributed by atoms with Crippen molar-refractivity contribution in [3.8, 4) is 5.75 Å². The number of carbonyl (C=O) groups excluding carboxylic acids is 4. The second-order valence-corrected chi connectivity index (χ2v) is 14.3. The van der Waals surface area contributed by atoms with Crippen LogP contribution in [0.3, 0.4) is 0 Å². The van der Waals surface area contributed by atoms with Crippen molar-refractivity contribution in [3.05, 3.63) is 70.1 Å². The van der Waals surface area contributed by atoms with E-state index in [0.717, 1.165) is 19.3 Å². The van der Waals surface area contributed by atoms with Gasteiger partial charge in [-0.1, -0.05) is 43.0 Å². The van der Waals surface area contributed by atoms with E-state index in [-0.39, 0.29) is 34.6 Å². The van der Waals surface area contributed by atoms with Crippen LogP contribution in [-0.4, -0.2) is 49.4 Å². The predicted molar refractivity (Wildman–Crippen MR) is 158 cm³/mol. The molecule has 7 rings (SSSR count). The molecule has 7 nitrogen and oxygen atoms in total. The molecule has 248 valence electrons. The Morgan fingerprint density at radius 3 is 2.06 bits per heavy atom. The van der Waals surface area contributed by atoms with Gasteiger partial charge in [-0.2, -0.15) is 0 Å². The molecule has 2 aromatic carbocycles. The molecule has 4 fully saturated rings. The first-order chi connectivity index (χ1) is 22.2. The maximum atomic E-state index is 15.2. The van der Waals surface area contributed by atoms with Gasteiger partial charge in [-0.15, -0.1) is 23.2 Å². The minimum absolute atomic E-state index is 0.0869. The highest BCUT2D eigenvalue weighted by atomic mass is 35.5. The lowest BCUT2D eigenvalue weighted by Gasteiger charge is -2.50. The van der Waals surface area contributed by atoms with Crippen molar-refractivity contribution in [1.29, 1.82) is 0 Å². The molecule has 0 spiro atoms.